The number of hydrogen-bond acceptors (Lipinski definition) is 11. The van der Waals surface area contributed by atoms with Crippen LogP contribution >= 0.6 is 7.60 Å². The number of H-pyrrole nitrogens is 1. The molecule has 1 fully saturated rings. The molecule has 0 unspecified atom stereocenters. The van der Waals surface area contributed by atoms with Crippen molar-refractivity contribution in [1.82, 2.24) is 9.55 Å². The molecule has 0 radical (unpaired) electrons. The van der Waals surface area contributed by atoms with Gasteiger partial charge in [0.25, 0.3) is 15.7 Å². The lowest BCUT2D eigenvalue weighted by Crippen LogP contribution is -2.58. The normalized spacial score (nSPS) is 21.1. The van der Waals surface area contributed by atoms with Crippen LogP contribution in [-0.4, -0.2) is 78.2 Å². The second-order valence-electron chi connectivity index (χ2n) is 15.2. The third-order valence-electron chi connectivity index (χ3n) is 10.7. The fourth-order valence-corrected chi connectivity index (χ4v) is 21.1. The van der Waals surface area contributed by atoms with E-state index in [1.807, 2.05) is 0 Å². The number of aromatic nitrogens is 2. The van der Waals surface area contributed by atoms with Crippen LogP contribution in [0.3, 0.4) is 0 Å². The van der Waals surface area contributed by atoms with Crippen molar-refractivity contribution in [2.24, 2.45) is 0 Å². The summed E-state index contributed by atoms with van der Waals surface area (Å²) in [5.41, 5.74) is -1.40. The Labute approximate surface area is 334 Å². The Morgan fingerprint density at radius 1 is 0.764 bits per heavy atom. The molecule has 322 valence electrons. The van der Waals surface area contributed by atoms with Crippen LogP contribution < -0.4 is 11.2 Å². The van der Waals surface area contributed by atoms with E-state index >= 15 is 4.57 Å². The van der Waals surface area contributed by atoms with E-state index in [2.05, 4.69) is 46.5 Å². The predicted molar refractivity (Wildman–Crippen MR) is 225 cm³/mol. The highest BCUT2D eigenvalue weighted by Gasteiger charge is 2.73. The van der Waals surface area contributed by atoms with E-state index in [0.717, 1.165) is 120 Å². The number of ether oxygens (including phenoxy) is 1. The van der Waals surface area contributed by atoms with Crippen molar-refractivity contribution >= 4 is 34.3 Å². The molecule has 0 aliphatic carbocycles. The molecule has 0 spiro atoms. The van der Waals surface area contributed by atoms with Crippen molar-refractivity contribution in [2.75, 3.05) is 26.1 Å². The molecule has 17 heteroatoms. The van der Waals surface area contributed by atoms with Gasteiger partial charge < -0.3 is 22.6 Å². The second kappa shape index (κ2) is 24.2. The monoisotopic (exact) mass is 854 g/mol. The highest BCUT2D eigenvalue weighted by molar-refractivity contribution is 7.86. The van der Waals surface area contributed by atoms with Crippen LogP contribution in [0.5, 0.6) is 0 Å². The van der Waals surface area contributed by atoms with Gasteiger partial charge in [0.15, 0.2) is 22.9 Å². The van der Waals surface area contributed by atoms with E-state index in [9.17, 15) is 18.0 Å². The molecule has 0 amide bonds. The molecule has 1 N–H and O–H groups in total. The van der Waals surface area contributed by atoms with E-state index in [0.29, 0.717) is 0 Å². The summed E-state index contributed by atoms with van der Waals surface area (Å²) >= 11 is 0. The number of rotatable bonds is 31. The van der Waals surface area contributed by atoms with Crippen molar-refractivity contribution < 1.29 is 39.8 Å². The molecule has 2 heterocycles. The predicted octanol–water partition coefficient (Wildman–Crippen LogP) is 9.47. The minimum absolute atomic E-state index is 0.0953. The summed E-state index contributed by atoms with van der Waals surface area (Å²) in [6, 6.07) is 6.22. The third kappa shape index (κ3) is 13.8. The van der Waals surface area contributed by atoms with Crippen LogP contribution in [0.4, 0.5) is 0 Å². The van der Waals surface area contributed by atoms with Crippen LogP contribution in [0, 0.1) is 0 Å². The molecule has 1 aromatic heterocycles. The van der Waals surface area contributed by atoms with E-state index in [1.165, 1.54) is 16.8 Å². The molecule has 1 aliphatic heterocycles. The summed E-state index contributed by atoms with van der Waals surface area (Å²) in [6.07, 6.45) is 9.30. The molecule has 1 saturated heterocycles. The topological polar surface area (TPSA) is 161 Å². The Morgan fingerprint density at radius 3 is 1.58 bits per heavy atom. The molecule has 0 aromatic carbocycles. The van der Waals surface area contributed by atoms with Gasteiger partial charge >= 0.3 is 13.3 Å². The van der Waals surface area contributed by atoms with E-state index in [1.54, 1.807) is 13.8 Å². The van der Waals surface area contributed by atoms with Crippen LogP contribution in [-0.2, 0) is 41.5 Å². The van der Waals surface area contributed by atoms with Gasteiger partial charge in [-0.3, -0.25) is 18.9 Å². The maximum absolute atomic E-state index is 15.8. The molecule has 4 atom stereocenters. The van der Waals surface area contributed by atoms with Crippen LogP contribution in [0.2, 0.25) is 36.3 Å². The number of unbranched alkanes of at least 4 members (excludes halogenated alkanes) is 6. The quantitative estimate of drug-likeness (QED) is 0.0430. The summed E-state index contributed by atoms with van der Waals surface area (Å²) in [5, 5.41) is -2.41. The Hall–Kier alpha value is -0.946. The van der Waals surface area contributed by atoms with Gasteiger partial charge in [0.05, 0.1) is 26.1 Å². The van der Waals surface area contributed by atoms with Crippen molar-refractivity contribution in [3.63, 3.8) is 0 Å². The van der Waals surface area contributed by atoms with Crippen LogP contribution in [0.25, 0.3) is 0 Å². The summed E-state index contributed by atoms with van der Waals surface area (Å²) in [4.78, 5) is 28.4. The number of aromatic amines is 1. The standard InChI is InChI=1S/C38H75N2O11PSSi2/c1-10-18-26-54(27-19-11-2,28-20-12-3)48-32-33-38(51-53(9,44)45,52(43,46-16-7)47-17-8)35(36(49-33)40-25-24-34(41)39-37(40)42)50-55(29-21-13-4,30-22-14-5)31-23-15-6/h24-25,33,35-36H,10-23,26-32H2,1-9H3,(H,39,41,42)/t33-,35+,36-,38-/m1/s1. The molecule has 1 aliphatic rings. The summed E-state index contributed by atoms with van der Waals surface area (Å²) < 4.78 is 84.3. The third-order valence-corrected chi connectivity index (χ3v) is 23.2. The second-order valence-corrected chi connectivity index (χ2v) is 27.3. The Morgan fingerprint density at radius 2 is 1.20 bits per heavy atom. The van der Waals surface area contributed by atoms with Gasteiger partial charge in [-0.25, -0.2) is 8.98 Å². The van der Waals surface area contributed by atoms with E-state index < -0.39 is 69.4 Å². The van der Waals surface area contributed by atoms with Crippen molar-refractivity contribution in [3.05, 3.63) is 33.1 Å². The lowest BCUT2D eigenvalue weighted by Gasteiger charge is -2.45. The van der Waals surface area contributed by atoms with Crippen LogP contribution in [0.15, 0.2) is 21.9 Å². The number of hydrogen-bond donors (Lipinski definition) is 1. The fraction of sp³-hybridized carbons (Fsp3) is 0.895. The first kappa shape index (κ1) is 50.2. The average molecular weight is 855 g/mol. The van der Waals surface area contributed by atoms with Gasteiger partial charge in [0, 0.05) is 12.3 Å². The molecule has 0 saturated carbocycles. The zero-order chi connectivity index (χ0) is 41.2. The molecule has 13 nitrogen and oxygen atoms in total. The van der Waals surface area contributed by atoms with Gasteiger partial charge in [-0.2, -0.15) is 8.42 Å². The van der Waals surface area contributed by atoms with Crippen molar-refractivity contribution in [3.8, 4) is 0 Å². The molecule has 55 heavy (non-hydrogen) atoms. The molecule has 2 rings (SSSR count). The summed E-state index contributed by atoms with van der Waals surface area (Å²) in [6.45, 7) is 15.8. The highest BCUT2D eigenvalue weighted by Crippen LogP contribution is 2.69. The molecular weight excluding hydrogens is 780 g/mol. The van der Waals surface area contributed by atoms with Gasteiger partial charge in [0.2, 0.25) is 5.34 Å². The van der Waals surface area contributed by atoms with Crippen molar-refractivity contribution in [2.45, 2.75) is 192 Å². The number of nitrogens with zero attached hydrogens (tertiary/aromatic N) is 1. The average Bonchev–Trinajstić information content (AvgIpc) is 3.43. The smallest absolute Gasteiger partial charge is 0.369 e. The Balaban J connectivity index is 3.14. The minimum atomic E-state index is -4.68. The SMILES string of the molecule is CCCC[Si](CCCC)(CCCC)OC[C@H]1O[C@@H](n2ccc(=O)[nH]c2=O)[C@H](O[Si](CCCC)(CCCC)CCCC)[C@]1(OS(C)(=O)=O)P(=O)(OCC)OCC. The molecule has 0 bridgehead atoms. The lowest BCUT2D eigenvalue weighted by molar-refractivity contribution is -0.0549. The van der Waals surface area contributed by atoms with E-state index in [-0.39, 0.29) is 19.8 Å². The maximum atomic E-state index is 15.8. The van der Waals surface area contributed by atoms with Gasteiger partial charge in [-0.15, -0.1) is 0 Å². The summed E-state index contributed by atoms with van der Waals surface area (Å²) in [5.74, 6) is 0. The fourth-order valence-electron chi connectivity index (χ4n) is 7.82. The largest absolute Gasteiger partial charge is 0.414 e. The maximum Gasteiger partial charge on any atom is 0.369 e. The van der Waals surface area contributed by atoms with E-state index in [4.69, 9.17) is 26.8 Å². The number of nitrogens with one attached hydrogen (secondary N) is 1. The first-order chi connectivity index (χ1) is 26.1. The van der Waals surface area contributed by atoms with Gasteiger partial charge in [-0.05, 0) is 50.1 Å². The van der Waals surface area contributed by atoms with Gasteiger partial charge in [-0.1, -0.05) is 119 Å². The molecule has 1 aromatic rings. The van der Waals surface area contributed by atoms with Crippen LogP contribution in [0.1, 0.15) is 139 Å². The highest BCUT2D eigenvalue weighted by atomic mass is 32.2. The first-order valence-electron chi connectivity index (χ1n) is 21.2. The summed E-state index contributed by atoms with van der Waals surface area (Å²) in [7, 11) is -14.5. The zero-order valence-electron chi connectivity index (χ0n) is 35.5. The van der Waals surface area contributed by atoms with Gasteiger partial charge in [0.1, 0.15) is 12.2 Å². The first-order valence-corrected chi connectivity index (χ1v) is 29.7. The Kier molecular flexibility index (Phi) is 22.1. The Bertz CT molecular complexity index is 1470. The van der Waals surface area contributed by atoms with Crippen molar-refractivity contribution in [1.29, 1.82) is 0 Å². The molecular formula is C38H75N2O11PSSi2. The minimum Gasteiger partial charge on any atom is -0.414 e. The lowest BCUT2D eigenvalue weighted by atomic mass is 10.1. The zero-order valence-corrected chi connectivity index (χ0v) is 39.2.